The zero-order chi connectivity index (χ0) is 14.7. The smallest absolute Gasteiger partial charge is 0.122 e. The molecular formula is C16H23N3O. The van der Waals surface area contributed by atoms with E-state index in [9.17, 15) is 0 Å². The number of methoxy groups -OCH3 is 1. The number of nitrogens with two attached hydrogens (primary N) is 1. The number of H-pyrrole nitrogens is 1. The standard InChI is InChI=1S/C16H23N3O/c1-5-11-8-12(6-7-14(11)20-4)15-13(9-17)18-16(19-15)10(2)3/h6-8,10H,5,9,17H2,1-4H3,(H,18,19). The first-order valence-corrected chi connectivity index (χ1v) is 7.06. The second-order valence-corrected chi connectivity index (χ2v) is 5.19. The van der Waals surface area contributed by atoms with Crippen LogP contribution in [0.1, 0.15) is 43.8 Å². The molecule has 1 heterocycles. The highest BCUT2D eigenvalue weighted by molar-refractivity contribution is 5.65. The minimum absolute atomic E-state index is 0.359. The predicted octanol–water partition coefficient (Wildman–Crippen LogP) is 3.23. The highest BCUT2D eigenvalue weighted by Crippen LogP contribution is 2.29. The van der Waals surface area contributed by atoms with Gasteiger partial charge in [0.1, 0.15) is 11.6 Å². The zero-order valence-corrected chi connectivity index (χ0v) is 12.7. The van der Waals surface area contributed by atoms with Gasteiger partial charge in [0.25, 0.3) is 0 Å². The third-order valence-electron chi connectivity index (χ3n) is 3.48. The van der Waals surface area contributed by atoms with Crippen LogP contribution in [-0.2, 0) is 13.0 Å². The van der Waals surface area contributed by atoms with Crippen molar-refractivity contribution >= 4 is 0 Å². The number of nitrogens with zero attached hydrogens (tertiary/aromatic N) is 1. The number of nitrogens with one attached hydrogen (secondary N) is 1. The Morgan fingerprint density at radius 1 is 1.35 bits per heavy atom. The van der Waals surface area contributed by atoms with Crippen molar-refractivity contribution in [2.24, 2.45) is 5.73 Å². The third-order valence-corrected chi connectivity index (χ3v) is 3.48. The van der Waals surface area contributed by atoms with Gasteiger partial charge in [-0.1, -0.05) is 20.8 Å². The Bertz CT molecular complexity index is 587. The average Bonchev–Trinajstić information content (AvgIpc) is 2.90. The summed E-state index contributed by atoms with van der Waals surface area (Å²) in [4.78, 5) is 8.03. The van der Waals surface area contributed by atoms with Crippen LogP contribution in [0.3, 0.4) is 0 Å². The second-order valence-electron chi connectivity index (χ2n) is 5.19. The number of benzene rings is 1. The van der Waals surface area contributed by atoms with Gasteiger partial charge in [0.05, 0.1) is 18.5 Å². The normalized spacial score (nSPS) is 11.1. The van der Waals surface area contributed by atoms with Crippen molar-refractivity contribution in [2.75, 3.05) is 7.11 Å². The fraction of sp³-hybridized carbons (Fsp3) is 0.438. The van der Waals surface area contributed by atoms with Crippen molar-refractivity contribution in [3.63, 3.8) is 0 Å². The van der Waals surface area contributed by atoms with E-state index in [0.29, 0.717) is 12.5 Å². The first kappa shape index (κ1) is 14.6. The van der Waals surface area contributed by atoms with E-state index in [0.717, 1.165) is 34.9 Å². The summed E-state index contributed by atoms with van der Waals surface area (Å²) >= 11 is 0. The summed E-state index contributed by atoms with van der Waals surface area (Å²) in [5, 5.41) is 0. The van der Waals surface area contributed by atoms with E-state index in [1.54, 1.807) is 7.11 Å². The molecule has 20 heavy (non-hydrogen) atoms. The van der Waals surface area contributed by atoms with Gasteiger partial charge >= 0.3 is 0 Å². The number of hydrogen-bond acceptors (Lipinski definition) is 3. The van der Waals surface area contributed by atoms with Crippen molar-refractivity contribution in [3.8, 4) is 17.0 Å². The Hall–Kier alpha value is -1.81. The topological polar surface area (TPSA) is 63.9 Å². The number of aromatic amines is 1. The van der Waals surface area contributed by atoms with Crippen LogP contribution in [0.2, 0.25) is 0 Å². The molecule has 0 saturated carbocycles. The van der Waals surface area contributed by atoms with Gasteiger partial charge in [-0.25, -0.2) is 4.98 Å². The Labute approximate surface area is 120 Å². The van der Waals surface area contributed by atoms with Crippen LogP contribution in [0.15, 0.2) is 18.2 Å². The molecule has 3 N–H and O–H groups in total. The first-order chi connectivity index (χ1) is 9.60. The molecule has 0 aliphatic heterocycles. The zero-order valence-electron chi connectivity index (χ0n) is 12.7. The van der Waals surface area contributed by atoms with Gasteiger partial charge in [0, 0.05) is 18.0 Å². The van der Waals surface area contributed by atoms with Gasteiger partial charge in [0.15, 0.2) is 0 Å². The molecule has 1 aromatic heterocycles. The van der Waals surface area contributed by atoms with Crippen LogP contribution >= 0.6 is 0 Å². The minimum Gasteiger partial charge on any atom is -0.496 e. The summed E-state index contributed by atoms with van der Waals surface area (Å²) in [6.45, 7) is 6.82. The molecule has 0 saturated heterocycles. The lowest BCUT2D eigenvalue weighted by atomic mass is 10.0. The molecule has 1 aromatic carbocycles. The number of hydrogen-bond donors (Lipinski definition) is 2. The van der Waals surface area contributed by atoms with Crippen molar-refractivity contribution in [1.82, 2.24) is 9.97 Å². The van der Waals surface area contributed by atoms with Crippen molar-refractivity contribution < 1.29 is 4.74 Å². The quantitative estimate of drug-likeness (QED) is 0.879. The van der Waals surface area contributed by atoms with E-state index in [-0.39, 0.29) is 0 Å². The Morgan fingerprint density at radius 2 is 2.10 bits per heavy atom. The van der Waals surface area contributed by atoms with Crippen molar-refractivity contribution in [1.29, 1.82) is 0 Å². The summed E-state index contributed by atoms with van der Waals surface area (Å²) in [5.41, 5.74) is 10.0. The number of aryl methyl sites for hydroxylation is 1. The maximum absolute atomic E-state index is 5.83. The van der Waals surface area contributed by atoms with Gasteiger partial charge in [-0.05, 0) is 30.2 Å². The molecule has 0 radical (unpaired) electrons. The van der Waals surface area contributed by atoms with E-state index >= 15 is 0 Å². The summed E-state index contributed by atoms with van der Waals surface area (Å²) in [7, 11) is 1.70. The molecule has 4 nitrogen and oxygen atoms in total. The third kappa shape index (κ3) is 2.70. The molecule has 0 bridgehead atoms. The molecule has 0 atom stereocenters. The fourth-order valence-corrected chi connectivity index (χ4v) is 2.29. The lowest BCUT2D eigenvalue weighted by Crippen LogP contribution is -1.99. The van der Waals surface area contributed by atoms with Crippen LogP contribution in [0.25, 0.3) is 11.3 Å². The molecule has 2 rings (SSSR count). The molecule has 0 spiro atoms. The lowest BCUT2D eigenvalue weighted by Gasteiger charge is -2.09. The molecule has 0 fully saturated rings. The summed E-state index contributed by atoms with van der Waals surface area (Å²) < 4.78 is 5.37. The van der Waals surface area contributed by atoms with Gasteiger partial charge < -0.3 is 15.5 Å². The molecule has 0 unspecified atom stereocenters. The van der Waals surface area contributed by atoms with E-state index in [2.05, 4.69) is 31.8 Å². The first-order valence-electron chi connectivity index (χ1n) is 7.06. The molecule has 0 aliphatic rings. The van der Waals surface area contributed by atoms with Crippen LogP contribution < -0.4 is 10.5 Å². The van der Waals surface area contributed by atoms with Gasteiger partial charge in [-0.2, -0.15) is 0 Å². The number of rotatable bonds is 5. The largest absolute Gasteiger partial charge is 0.496 e. The van der Waals surface area contributed by atoms with E-state index in [1.807, 2.05) is 12.1 Å². The monoisotopic (exact) mass is 273 g/mol. The van der Waals surface area contributed by atoms with E-state index < -0.39 is 0 Å². The van der Waals surface area contributed by atoms with Crippen molar-refractivity contribution in [3.05, 3.63) is 35.3 Å². The Morgan fingerprint density at radius 3 is 2.65 bits per heavy atom. The molecule has 2 aromatic rings. The SMILES string of the molecule is CCc1cc(-c2nc(C(C)C)[nH]c2CN)ccc1OC. The van der Waals surface area contributed by atoms with Crippen LogP contribution in [0.4, 0.5) is 0 Å². The summed E-state index contributed by atoms with van der Waals surface area (Å²) in [6.07, 6.45) is 0.927. The van der Waals surface area contributed by atoms with Crippen LogP contribution in [0.5, 0.6) is 5.75 Å². The summed E-state index contributed by atoms with van der Waals surface area (Å²) in [6, 6.07) is 6.17. The van der Waals surface area contributed by atoms with Crippen molar-refractivity contribution in [2.45, 2.75) is 39.7 Å². The highest BCUT2D eigenvalue weighted by atomic mass is 16.5. The van der Waals surface area contributed by atoms with E-state index in [4.69, 9.17) is 15.5 Å². The number of imidazole rings is 1. The lowest BCUT2D eigenvalue weighted by molar-refractivity contribution is 0.410. The molecule has 0 amide bonds. The Kier molecular flexibility index (Phi) is 4.45. The van der Waals surface area contributed by atoms with Gasteiger partial charge in [-0.3, -0.25) is 0 Å². The summed E-state index contributed by atoms with van der Waals surface area (Å²) in [5.74, 6) is 2.26. The molecular weight excluding hydrogens is 250 g/mol. The fourth-order valence-electron chi connectivity index (χ4n) is 2.29. The number of ether oxygens (including phenoxy) is 1. The molecule has 4 heteroatoms. The highest BCUT2D eigenvalue weighted by Gasteiger charge is 2.14. The maximum atomic E-state index is 5.83. The average molecular weight is 273 g/mol. The Balaban J connectivity index is 2.50. The number of aromatic nitrogens is 2. The van der Waals surface area contributed by atoms with Gasteiger partial charge in [0.2, 0.25) is 0 Å². The molecule has 108 valence electrons. The van der Waals surface area contributed by atoms with E-state index in [1.165, 1.54) is 5.56 Å². The molecule has 0 aliphatic carbocycles. The predicted molar refractivity (Wildman–Crippen MR) is 81.9 cm³/mol. The van der Waals surface area contributed by atoms with Crippen LogP contribution in [0, 0.1) is 0 Å². The minimum atomic E-state index is 0.359. The maximum Gasteiger partial charge on any atom is 0.122 e. The van der Waals surface area contributed by atoms with Gasteiger partial charge in [-0.15, -0.1) is 0 Å². The van der Waals surface area contributed by atoms with Crippen LogP contribution in [-0.4, -0.2) is 17.1 Å². The second kappa shape index (κ2) is 6.09.